The third kappa shape index (κ3) is 3.61. The number of aryl methyl sites for hydroxylation is 1. The summed E-state index contributed by atoms with van der Waals surface area (Å²) in [5.41, 5.74) is 1.48. The standard InChI is InChI=1S/C18H20ClN5O5/c1-8-21-16(23-9-3-4-11(25)10(19)5-9)13-17(22-8)24(7-20-13)18-15(27)14(26)12(29-18)6-28-2/h3-5,7,12,14-15,18,25-27H,6H2,1-2H3,(H,21,22,23). The summed E-state index contributed by atoms with van der Waals surface area (Å²) in [5.74, 6) is 0.865. The number of methoxy groups -OCH3 is 1. The van der Waals surface area contributed by atoms with Gasteiger partial charge in [-0.3, -0.25) is 4.57 Å². The van der Waals surface area contributed by atoms with E-state index in [4.69, 9.17) is 21.1 Å². The molecule has 4 rings (SSSR count). The Morgan fingerprint density at radius 3 is 2.79 bits per heavy atom. The zero-order valence-electron chi connectivity index (χ0n) is 15.7. The first kappa shape index (κ1) is 19.8. The van der Waals surface area contributed by atoms with Crippen LogP contribution in [0.5, 0.6) is 5.75 Å². The fraction of sp³-hybridized carbons (Fsp3) is 0.389. The molecule has 3 heterocycles. The zero-order chi connectivity index (χ0) is 20.7. The number of aliphatic hydroxyl groups is 2. The van der Waals surface area contributed by atoms with E-state index in [2.05, 4.69) is 20.3 Å². The van der Waals surface area contributed by atoms with Crippen LogP contribution in [0.15, 0.2) is 24.5 Å². The maximum Gasteiger partial charge on any atom is 0.167 e. The number of imidazole rings is 1. The van der Waals surface area contributed by atoms with Crippen LogP contribution in [0.1, 0.15) is 12.1 Å². The Kier molecular flexibility index (Phi) is 5.28. The van der Waals surface area contributed by atoms with E-state index in [1.165, 1.54) is 19.5 Å². The Hall–Kier alpha value is -2.50. The van der Waals surface area contributed by atoms with Crippen LogP contribution in [0, 0.1) is 6.92 Å². The van der Waals surface area contributed by atoms with Crippen molar-refractivity contribution in [2.75, 3.05) is 19.0 Å². The fourth-order valence-electron chi connectivity index (χ4n) is 3.28. The van der Waals surface area contributed by atoms with Gasteiger partial charge in [0.25, 0.3) is 0 Å². The Balaban J connectivity index is 1.71. The first-order chi connectivity index (χ1) is 13.9. The number of halogens is 1. The lowest BCUT2D eigenvalue weighted by atomic mass is 10.1. The number of phenols is 1. The number of hydrogen-bond acceptors (Lipinski definition) is 9. The SMILES string of the molecule is COCC1OC(n2cnc3c(Nc4ccc(O)c(Cl)c4)nc(C)nc32)C(O)C1O. The van der Waals surface area contributed by atoms with Crippen molar-refractivity contribution in [2.24, 2.45) is 0 Å². The van der Waals surface area contributed by atoms with Gasteiger partial charge in [0.15, 0.2) is 23.2 Å². The summed E-state index contributed by atoms with van der Waals surface area (Å²) in [6.45, 7) is 1.87. The second-order valence-electron chi connectivity index (χ2n) is 6.74. The number of anilines is 2. The zero-order valence-corrected chi connectivity index (χ0v) is 16.4. The Bertz CT molecular complexity index is 1040. The van der Waals surface area contributed by atoms with Crippen LogP contribution >= 0.6 is 11.6 Å². The van der Waals surface area contributed by atoms with Gasteiger partial charge in [-0.05, 0) is 25.1 Å². The van der Waals surface area contributed by atoms with E-state index in [0.29, 0.717) is 28.5 Å². The van der Waals surface area contributed by atoms with Crippen LogP contribution in [-0.2, 0) is 9.47 Å². The van der Waals surface area contributed by atoms with Crippen molar-refractivity contribution in [1.29, 1.82) is 0 Å². The van der Waals surface area contributed by atoms with Crippen molar-refractivity contribution < 1.29 is 24.8 Å². The summed E-state index contributed by atoms with van der Waals surface area (Å²) in [6, 6.07) is 4.68. The minimum absolute atomic E-state index is 0.0259. The highest BCUT2D eigenvalue weighted by Crippen LogP contribution is 2.34. The number of aliphatic hydroxyl groups excluding tert-OH is 2. The smallest absolute Gasteiger partial charge is 0.167 e. The van der Waals surface area contributed by atoms with Crippen LogP contribution in [0.4, 0.5) is 11.5 Å². The first-order valence-corrected chi connectivity index (χ1v) is 9.24. The molecule has 154 valence electrons. The van der Waals surface area contributed by atoms with Crippen molar-refractivity contribution >= 4 is 34.3 Å². The topological polar surface area (TPSA) is 135 Å². The number of nitrogens with zero attached hydrogens (tertiary/aromatic N) is 4. The molecular formula is C18H20ClN5O5. The molecule has 1 aliphatic rings. The van der Waals surface area contributed by atoms with Crippen LogP contribution in [0.3, 0.4) is 0 Å². The van der Waals surface area contributed by atoms with E-state index in [1.54, 1.807) is 23.6 Å². The van der Waals surface area contributed by atoms with E-state index in [-0.39, 0.29) is 17.4 Å². The Morgan fingerprint density at radius 1 is 1.28 bits per heavy atom. The lowest BCUT2D eigenvalue weighted by Crippen LogP contribution is -2.33. The molecule has 4 N–H and O–H groups in total. The number of aromatic nitrogens is 4. The summed E-state index contributed by atoms with van der Waals surface area (Å²) in [7, 11) is 1.49. The van der Waals surface area contributed by atoms with Crippen molar-refractivity contribution in [2.45, 2.75) is 31.5 Å². The molecule has 4 atom stereocenters. The predicted molar refractivity (Wildman–Crippen MR) is 104 cm³/mol. The molecule has 0 aliphatic carbocycles. The minimum Gasteiger partial charge on any atom is -0.506 e. The molecule has 1 aliphatic heterocycles. The van der Waals surface area contributed by atoms with Crippen molar-refractivity contribution in [3.8, 4) is 5.75 Å². The van der Waals surface area contributed by atoms with E-state index >= 15 is 0 Å². The molecule has 0 radical (unpaired) electrons. The predicted octanol–water partition coefficient (Wildman–Crippen LogP) is 1.50. The van der Waals surface area contributed by atoms with Crippen LogP contribution in [0.25, 0.3) is 11.2 Å². The largest absolute Gasteiger partial charge is 0.506 e. The summed E-state index contributed by atoms with van der Waals surface area (Å²) >= 11 is 5.97. The summed E-state index contributed by atoms with van der Waals surface area (Å²) in [5, 5.41) is 33.6. The summed E-state index contributed by atoms with van der Waals surface area (Å²) < 4.78 is 12.4. The molecule has 1 saturated heterocycles. The molecule has 0 spiro atoms. The molecule has 29 heavy (non-hydrogen) atoms. The van der Waals surface area contributed by atoms with Crippen LogP contribution < -0.4 is 5.32 Å². The summed E-state index contributed by atoms with van der Waals surface area (Å²) in [4.78, 5) is 13.2. The number of fused-ring (bicyclic) bond motifs is 1. The van der Waals surface area contributed by atoms with E-state index in [9.17, 15) is 15.3 Å². The average molecular weight is 422 g/mol. The number of ether oxygens (including phenoxy) is 2. The van der Waals surface area contributed by atoms with Crippen molar-refractivity contribution in [3.63, 3.8) is 0 Å². The van der Waals surface area contributed by atoms with E-state index in [1.807, 2.05) is 0 Å². The molecule has 1 fully saturated rings. The summed E-state index contributed by atoms with van der Waals surface area (Å²) in [6.07, 6.45) is -2.34. The monoisotopic (exact) mass is 421 g/mol. The third-order valence-electron chi connectivity index (χ3n) is 4.69. The van der Waals surface area contributed by atoms with Gasteiger partial charge >= 0.3 is 0 Å². The normalized spacial score (nSPS) is 24.3. The molecule has 0 saturated carbocycles. The molecule has 4 unspecified atom stereocenters. The highest BCUT2D eigenvalue weighted by Gasteiger charge is 2.44. The van der Waals surface area contributed by atoms with Gasteiger partial charge in [-0.1, -0.05) is 11.6 Å². The Labute approximate surface area is 170 Å². The molecule has 1 aromatic carbocycles. The number of nitrogens with one attached hydrogen (secondary N) is 1. The van der Waals surface area contributed by atoms with Gasteiger partial charge in [-0.25, -0.2) is 15.0 Å². The fourth-order valence-corrected chi connectivity index (χ4v) is 3.46. The minimum atomic E-state index is -1.17. The number of rotatable bonds is 5. The number of benzene rings is 1. The second-order valence-corrected chi connectivity index (χ2v) is 7.14. The second kappa shape index (κ2) is 7.73. The Morgan fingerprint density at radius 2 is 2.07 bits per heavy atom. The van der Waals surface area contributed by atoms with E-state index in [0.717, 1.165) is 0 Å². The average Bonchev–Trinajstić information content (AvgIpc) is 3.21. The van der Waals surface area contributed by atoms with Crippen LogP contribution in [-0.4, -0.2) is 66.9 Å². The molecule has 0 bridgehead atoms. The van der Waals surface area contributed by atoms with Crippen LogP contribution in [0.2, 0.25) is 5.02 Å². The van der Waals surface area contributed by atoms with Gasteiger partial charge < -0.3 is 30.1 Å². The van der Waals surface area contributed by atoms with Gasteiger partial charge in [0.2, 0.25) is 0 Å². The number of phenolic OH excluding ortho intramolecular Hbond substituents is 1. The highest BCUT2D eigenvalue weighted by atomic mass is 35.5. The first-order valence-electron chi connectivity index (χ1n) is 8.86. The highest BCUT2D eigenvalue weighted by molar-refractivity contribution is 6.32. The molecule has 3 aromatic rings. The molecule has 0 amide bonds. The van der Waals surface area contributed by atoms with E-state index < -0.39 is 24.5 Å². The lowest BCUT2D eigenvalue weighted by molar-refractivity contribution is -0.0580. The van der Waals surface area contributed by atoms with Crippen molar-refractivity contribution in [3.05, 3.63) is 35.4 Å². The molecule has 2 aromatic heterocycles. The maximum absolute atomic E-state index is 10.4. The van der Waals surface area contributed by atoms with Gasteiger partial charge in [0.1, 0.15) is 29.9 Å². The maximum atomic E-state index is 10.4. The van der Waals surface area contributed by atoms with Gasteiger partial charge in [0, 0.05) is 12.8 Å². The quantitative estimate of drug-likeness (QED) is 0.452. The van der Waals surface area contributed by atoms with Gasteiger partial charge in [0.05, 0.1) is 18.0 Å². The number of hydrogen-bond donors (Lipinski definition) is 4. The van der Waals surface area contributed by atoms with Crippen molar-refractivity contribution in [1.82, 2.24) is 19.5 Å². The molecule has 11 heteroatoms. The third-order valence-corrected chi connectivity index (χ3v) is 4.99. The molecular weight excluding hydrogens is 402 g/mol. The number of aromatic hydroxyl groups is 1. The van der Waals surface area contributed by atoms with Gasteiger partial charge in [-0.15, -0.1) is 0 Å². The molecule has 10 nitrogen and oxygen atoms in total. The van der Waals surface area contributed by atoms with Gasteiger partial charge in [-0.2, -0.15) is 0 Å². The lowest BCUT2D eigenvalue weighted by Gasteiger charge is -2.17.